The van der Waals surface area contributed by atoms with Crippen molar-refractivity contribution >= 4 is 18.0 Å². The van der Waals surface area contributed by atoms with E-state index in [4.69, 9.17) is 4.74 Å². The minimum atomic E-state index is -0.792. The van der Waals surface area contributed by atoms with Crippen LogP contribution in [0.1, 0.15) is 62.0 Å². The van der Waals surface area contributed by atoms with Crippen LogP contribution in [0.4, 0.5) is 4.79 Å². The first-order valence-corrected chi connectivity index (χ1v) is 12.7. The van der Waals surface area contributed by atoms with E-state index in [1.807, 2.05) is 24.3 Å². The molecule has 2 amide bonds. The van der Waals surface area contributed by atoms with Crippen LogP contribution in [0, 0.1) is 11.8 Å². The van der Waals surface area contributed by atoms with Crippen molar-refractivity contribution in [3.05, 3.63) is 59.7 Å². The maximum absolute atomic E-state index is 13.0. The van der Waals surface area contributed by atoms with Gasteiger partial charge in [0.25, 0.3) is 0 Å². The van der Waals surface area contributed by atoms with E-state index in [0.717, 1.165) is 36.8 Å². The van der Waals surface area contributed by atoms with Crippen LogP contribution in [-0.4, -0.2) is 41.8 Å². The summed E-state index contributed by atoms with van der Waals surface area (Å²) in [4.78, 5) is 37.0. The molecule has 0 aromatic heterocycles. The van der Waals surface area contributed by atoms with Crippen molar-refractivity contribution in [3.63, 3.8) is 0 Å². The average molecular weight is 477 g/mol. The highest BCUT2D eigenvalue weighted by molar-refractivity contribution is 5.81. The molecule has 0 saturated heterocycles. The summed E-state index contributed by atoms with van der Waals surface area (Å²) >= 11 is 0. The van der Waals surface area contributed by atoms with Crippen LogP contribution < -0.4 is 10.6 Å². The molecule has 2 aromatic rings. The van der Waals surface area contributed by atoms with Gasteiger partial charge in [-0.05, 0) is 54.4 Å². The van der Waals surface area contributed by atoms with E-state index in [9.17, 15) is 19.5 Å². The number of amides is 2. The average Bonchev–Trinajstić information content (AvgIpc) is 3.45. The van der Waals surface area contributed by atoms with Gasteiger partial charge in [-0.1, -0.05) is 61.4 Å². The fourth-order valence-corrected chi connectivity index (χ4v) is 6.09. The van der Waals surface area contributed by atoms with Crippen LogP contribution >= 0.6 is 0 Å². The summed E-state index contributed by atoms with van der Waals surface area (Å²) in [5, 5.41) is 15.3. The van der Waals surface area contributed by atoms with Crippen molar-refractivity contribution in [2.45, 2.75) is 62.9 Å². The zero-order valence-corrected chi connectivity index (χ0v) is 19.7. The molecule has 3 N–H and O–H groups in total. The molecular weight excluding hydrogens is 444 g/mol. The molecule has 7 nitrogen and oxygen atoms in total. The Balaban J connectivity index is 1.17. The number of hydrogen-bond donors (Lipinski definition) is 3. The van der Waals surface area contributed by atoms with Crippen LogP contribution in [0.2, 0.25) is 0 Å². The molecule has 3 aliphatic carbocycles. The summed E-state index contributed by atoms with van der Waals surface area (Å²) in [7, 11) is 0. The van der Waals surface area contributed by atoms with E-state index >= 15 is 0 Å². The third-order valence-corrected chi connectivity index (χ3v) is 7.87. The molecule has 0 heterocycles. The SMILES string of the molecule is O=C(N[C@H]1CCC[C@H]1C(=O)N[C@@H]1CCC[C@@H](C(=O)O)C1)OCC1c2ccccc2-c2ccccc21. The van der Waals surface area contributed by atoms with Gasteiger partial charge >= 0.3 is 12.1 Å². The molecule has 184 valence electrons. The highest BCUT2D eigenvalue weighted by Crippen LogP contribution is 2.44. The summed E-state index contributed by atoms with van der Waals surface area (Å²) in [6.07, 6.45) is 4.52. The summed E-state index contributed by atoms with van der Waals surface area (Å²) < 4.78 is 5.67. The molecule has 3 aliphatic rings. The molecule has 2 saturated carbocycles. The lowest BCUT2D eigenvalue weighted by atomic mass is 9.85. The molecule has 2 fully saturated rings. The largest absolute Gasteiger partial charge is 0.481 e. The van der Waals surface area contributed by atoms with Crippen molar-refractivity contribution in [2.75, 3.05) is 6.61 Å². The molecule has 0 unspecified atom stereocenters. The quantitative estimate of drug-likeness (QED) is 0.571. The molecule has 5 rings (SSSR count). The van der Waals surface area contributed by atoms with Gasteiger partial charge in [0.2, 0.25) is 5.91 Å². The van der Waals surface area contributed by atoms with Crippen LogP contribution in [0.15, 0.2) is 48.5 Å². The number of fused-ring (bicyclic) bond motifs is 3. The molecule has 0 radical (unpaired) electrons. The van der Waals surface area contributed by atoms with E-state index in [2.05, 4.69) is 34.9 Å². The second-order valence-corrected chi connectivity index (χ2v) is 10.0. The third kappa shape index (κ3) is 4.90. The Kier molecular flexibility index (Phi) is 6.75. The minimum Gasteiger partial charge on any atom is -0.481 e. The number of hydrogen-bond acceptors (Lipinski definition) is 4. The zero-order chi connectivity index (χ0) is 24.4. The summed E-state index contributed by atoms with van der Waals surface area (Å²) in [5.74, 6) is -1.61. The molecule has 0 spiro atoms. The number of rotatable bonds is 6. The number of ether oxygens (including phenoxy) is 1. The predicted octanol–water partition coefficient (Wildman–Crippen LogP) is 4.45. The lowest BCUT2D eigenvalue weighted by Crippen LogP contribution is -2.48. The Hall–Kier alpha value is -3.35. The number of carbonyl (C=O) groups excluding carboxylic acids is 2. The number of benzene rings is 2. The predicted molar refractivity (Wildman–Crippen MR) is 131 cm³/mol. The van der Waals surface area contributed by atoms with Crippen LogP contribution in [-0.2, 0) is 14.3 Å². The maximum atomic E-state index is 13.0. The number of alkyl carbamates (subject to hydrolysis) is 1. The highest BCUT2D eigenvalue weighted by Gasteiger charge is 2.37. The number of carboxylic acids is 1. The lowest BCUT2D eigenvalue weighted by Gasteiger charge is -2.29. The number of carboxylic acid groups (broad SMARTS) is 1. The van der Waals surface area contributed by atoms with Gasteiger partial charge < -0.3 is 20.5 Å². The van der Waals surface area contributed by atoms with Crippen molar-refractivity contribution in [1.29, 1.82) is 0 Å². The Morgan fingerprint density at radius 2 is 1.51 bits per heavy atom. The van der Waals surface area contributed by atoms with Gasteiger partial charge in [0.1, 0.15) is 6.61 Å². The van der Waals surface area contributed by atoms with Gasteiger partial charge in [0.15, 0.2) is 0 Å². The van der Waals surface area contributed by atoms with Crippen molar-refractivity contribution in [2.24, 2.45) is 11.8 Å². The second-order valence-electron chi connectivity index (χ2n) is 10.0. The Labute approximate surface area is 205 Å². The third-order valence-electron chi connectivity index (χ3n) is 7.87. The highest BCUT2D eigenvalue weighted by atomic mass is 16.5. The first kappa shape index (κ1) is 23.4. The van der Waals surface area contributed by atoms with E-state index in [0.29, 0.717) is 19.3 Å². The normalized spacial score (nSPS) is 25.4. The van der Waals surface area contributed by atoms with Crippen LogP contribution in [0.25, 0.3) is 11.1 Å². The van der Waals surface area contributed by atoms with Crippen molar-refractivity contribution < 1.29 is 24.2 Å². The summed E-state index contributed by atoms with van der Waals surface area (Å²) in [6.45, 7) is 0.238. The second kappa shape index (κ2) is 10.1. The number of aliphatic carboxylic acids is 1. The van der Waals surface area contributed by atoms with Gasteiger partial charge in [-0.15, -0.1) is 0 Å². The van der Waals surface area contributed by atoms with Gasteiger partial charge in [-0.3, -0.25) is 9.59 Å². The van der Waals surface area contributed by atoms with Crippen molar-refractivity contribution in [3.8, 4) is 11.1 Å². The van der Waals surface area contributed by atoms with E-state index < -0.39 is 18.0 Å². The van der Waals surface area contributed by atoms with E-state index in [1.54, 1.807) is 0 Å². The molecule has 35 heavy (non-hydrogen) atoms. The Morgan fingerprint density at radius 3 is 2.20 bits per heavy atom. The first-order valence-electron chi connectivity index (χ1n) is 12.7. The summed E-state index contributed by atoms with van der Waals surface area (Å²) in [6, 6.07) is 16.0. The fourth-order valence-electron chi connectivity index (χ4n) is 6.09. The van der Waals surface area contributed by atoms with E-state index in [-0.39, 0.29) is 36.4 Å². The van der Waals surface area contributed by atoms with Gasteiger partial charge in [0, 0.05) is 18.0 Å². The molecule has 7 heteroatoms. The maximum Gasteiger partial charge on any atom is 0.407 e. The molecule has 0 aliphatic heterocycles. The molecule has 2 aromatic carbocycles. The van der Waals surface area contributed by atoms with Gasteiger partial charge in [-0.25, -0.2) is 4.79 Å². The first-order chi connectivity index (χ1) is 17.0. The molecular formula is C28H32N2O5. The lowest BCUT2D eigenvalue weighted by molar-refractivity contribution is -0.143. The fraction of sp³-hybridized carbons (Fsp3) is 0.464. The molecule has 0 bridgehead atoms. The van der Waals surface area contributed by atoms with E-state index in [1.165, 1.54) is 11.1 Å². The Morgan fingerprint density at radius 1 is 0.857 bits per heavy atom. The Bertz CT molecular complexity index is 1070. The zero-order valence-electron chi connectivity index (χ0n) is 19.7. The number of carbonyl (C=O) groups is 3. The number of nitrogens with one attached hydrogen (secondary N) is 2. The minimum absolute atomic E-state index is 0.00990. The standard InChI is InChI=1S/C28H32N2O5/c31-26(29-18-8-5-7-17(15-18)27(32)33)23-13-6-14-25(23)30-28(34)35-16-24-21-11-3-1-9-19(21)20-10-2-4-12-22(20)24/h1-4,9-12,17-18,23-25H,5-8,13-16H2,(H,29,31)(H,30,34)(H,32,33)/t17-,18-,23-,25+/m1/s1. The monoisotopic (exact) mass is 476 g/mol. The van der Waals surface area contributed by atoms with Crippen molar-refractivity contribution in [1.82, 2.24) is 10.6 Å². The smallest absolute Gasteiger partial charge is 0.407 e. The topological polar surface area (TPSA) is 105 Å². The van der Waals surface area contributed by atoms with Crippen LogP contribution in [0.5, 0.6) is 0 Å². The summed E-state index contributed by atoms with van der Waals surface area (Å²) in [5.41, 5.74) is 4.67. The van der Waals surface area contributed by atoms with Gasteiger partial charge in [-0.2, -0.15) is 0 Å². The van der Waals surface area contributed by atoms with Crippen LogP contribution in [0.3, 0.4) is 0 Å². The molecule has 4 atom stereocenters. The van der Waals surface area contributed by atoms with Gasteiger partial charge in [0.05, 0.1) is 11.8 Å².